The molecule has 9 aromatic carbocycles. The first kappa shape index (κ1) is 48.9. The summed E-state index contributed by atoms with van der Waals surface area (Å²) in [6.07, 6.45) is 0. The molecule has 0 amide bonds. The summed E-state index contributed by atoms with van der Waals surface area (Å²) >= 11 is 0. The summed E-state index contributed by atoms with van der Waals surface area (Å²) in [4.78, 5) is 5.31. The molecule has 2 nitrogen and oxygen atoms in total. The van der Waals surface area contributed by atoms with E-state index < -0.39 is 0 Å². The summed E-state index contributed by atoms with van der Waals surface area (Å²) in [7, 11) is 0. The third-order valence-corrected chi connectivity index (χ3v) is 16.1. The second-order valence-corrected chi connectivity index (χ2v) is 24.5. The van der Waals surface area contributed by atoms with Gasteiger partial charge in [0.15, 0.2) is 0 Å². The van der Waals surface area contributed by atoms with Crippen molar-refractivity contribution < 1.29 is 0 Å². The quantitative estimate of drug-likeness (QED) is 0.116. The summed E-state index contributed by atoms with van der Waals surface area (Å²) in [5.74, 6) is -0.0639. The van der Waals surface area contributed by atoms with E-state index in [9.17, 15) is 0 Å². The fraction of sp³-hybridized carbons (Fsp3) is 0.239. The molecule has 0 radical (unpaired) electrons. The molecule has 3 heteroatoms. The topological polar surface area (TPSA) is 6.48 Å². The summed E-state index contributed by atoms with van der Waals surface area (Å²) in [6, 6.07) is 72.7. The maximum Gasteiger partial charge on any atom is 0.252 e. The van der Waals surface area contributed by atoms with Crippen LogP contribution in [0.5, 0.6) is 0 Å². The second-order valence-electron chi connectivity index (χ2n) is 24.5. The summed E-state index contributed by atoms with van der Waals surface area (Å²) in [6.45, 7) is 30.0. The van der Waals surface area contributed by atoms with Gasteiger partial charge in [0, 0.05) is 39.8 Å². The molecule has 0 saturated heterocycles. The molecular formula is C71H71BN2. The highest BCUT2D eigenvalue weighted by Crippen LogP contribution is 2.51. The van der Waals surface area contributed by atoms with Crippen molar-refractivity contribution >= 4 is 57.2 Å². The van der Waals surface area contributed by atoms with Gasteiger partial charge in [-0.1, -0.05) is 213 Å². The number of nitrogens with zero attached hydrogens (tertiary/aromatic N) is 2. The molecule has 1 unspecified atom stereocenters. The predicted molar refractivity (Wildman–Crippen MR) is 320 cm³/mol. The van der Waals surface area contributed by atoms with Gasteiger partial charge >= 0.3 is 0 Å². The lowest BCUT2D eigenvalue weighted by Gasteiger charge is -2.46. The number of anilines is 6. The molecule has 2 aliphatic rings. The minimum absolute atomic E-state index is 0.0268. The maximum absolute atomic E-state index is 2.65. The van der Waals surface area contributed by atoms with Crippen molar-refractivity contribution in [3.8, 4) is 22.3 Å². The molecule has 11 rings (SSSR count). The first-order valence-electron chi connectivity index (χ1n) is 26.8. The van der Waals surface area contributed by atoms with Gasteiger partial charge in [-0.2, -0.15) is 0 Å². The zero-order chi connectivity index (χ0) is 52.0. The molecule has 0 saturated carbocycles. The van der Waals surface area contributed by atoms with Gasteiger partial charge in [0.25, 0.3) is 6.71 Å². The minimum Gasteiger partial charge on any atom is -0.311 e. The van der Waals surface area contributed by atoms with Crippen molar-refractivity contribution in [2.45, 2.75) is 112 Å². The normalized spacial score (nSPS) is 13.6. The standard InChI is InChI=1S/C71H71BN2/c1-45-27-35-61(57(39-45)55-25-19-17-21-47(55)3)73-63-37-33-53(70(8,9)10)43-59(63)72-60-44-54(71(11,12)13)34-38-64(60)74(62-36-28-46(2)40-58(62)56-26-20-18-22-48(56)4)66-42-51(41-65(73)68(66)72)67(49-23-15-14-16-24-49)50-29-31-52(32-30-50)69(5,6)7/h14-44,67H,1-13H3. The Morgan fingerprint density at radius 3 is 1.15 bits per heavy atom. The Balaban J connectivity index is 1.33. The molecular weight excluding hydrogens is 892 g/mol. The van der Waals surface area contributed by atoms with Crippen LogP contribution in [0.2, 0.25) is 0 Å². The maximum atomic E-state index is 2.65. The molecule has 0 bridgehead atoms. The van der Waals surface area contributed by atoms with Gasteiger partial charge < -0.3 is 9.80 Å². The van der Waals surface area contributed by atoms with Crippen LogP contribution in [0.15, 0.2) is 188 Å². The summed E-state index contributed by atoms with van der Waals surface area (Å²) in [5.41, 5.74) is 28.8. The average Bonchev–Trinajstić information content (AvgIpc) is 3.38. The lowest BCUT2D eigenvalue weighted by Crippen LogP contribution is -2.61. The van der Waals surface area contributed by atoms with Crippen molar-refractivity contribution in [1.29, 1.82) is 0 Å². The van der Waals surface area contributed by atoms with E-state index in [0.717, 1.165) is 0 Å². The van der Waals surface area contributed by atoms with E-state index in [1.165, 1.54) is 128 Å². The lowest BCUT2D eigenvalue weighted by atomic mass is 9.33. The molecule has 74 heavy (non-hydrogen) atoms. The molecule has 0 aromatic heterocycles. The van der Waals surface area contributed by atoms with Crippen LogP contribution in [-0.4, -0.2) is 6.71 Å². The SMILES string of the molecule is Cc1ccc(N2c3ccc(C(C)(C)C)cc3B3c4cc(C(C)(C)C)ccc4N(c4ccc(C)cc4-c4ccccc4C)c4cc(C(c5ccccc5)c5ccc(C(C)(C)C)cc5)cc2c43)c(-c2ccccc2C)c1. The van der Waals surface area contributed by atoms with E-state index in [-0.39, 0.29) is 28.9 Å². The molecule has 0 fully saturated rings. The summed E-state index contributed by atoms with van der Waals surface area (Å²) in [5, 5.41) is 0. The summed E-state index contributed by atoms with van der Waals surface area (Å²) < 4.78 is 0. The van der Waals surface area contributed by atoms with Crippen molar-refractivity contribution in [3.63, 3.8) is 0 Å². The van der Waals surface area contributed by atoms with E-state index in [2.05, 4.69) is 288 Å². The number of hydrogen-bond donors (Lipinski definition) is 0. The van der Waals surface area contributed by atoms with E-state index in [1.807, 2.05) is 0 Å². The molecule has 0 spiro atoms. The van der Waals surface area contributed by atoms with Crippen LogP contribution in [0.1, 0.15) is 124 Å². The Bertz CT molecular complexity index is 3430. The molecule has 9 aromatic rings. The Kier molecular flexibility index (Phi) is 12.0. The van der Waals surface area contributed by atoms with Crippen molar-refractivity contribution in [3.05, 3.63) is 244 Å². The number of aryl methyl sites for hydroxylation is 4. The smallest absolute Gasteiger partial charge is 0.252 e. The van der Waals surface area contributed by atoms with Gasteiger partial charge in [0.1, 0.15) is 0 Å². The van der Waals surface area contributed by atoms with Crippen LogP contribution < -0.4 is 26.2 Å². The largest absolute Gasteiger partial charge is 0.311 e. The molecule has 1 atom stereocenters. The van der Waals surface area contributed by atoms with Crippen molar-refractivity contribution in [1.82, 2.24) is 0 Å². The van der Waals surface area contributed by atoms with Crippen LogP contribution >= 0.6 is 0 Å². The van der Waals surface area contributed by atoms with Crippen LogP contribution in [-0.2, 0) is 16.2 Å². The Hall–Kier alpha value is -7.36. The Morgan fingerprint density at radius 1 is 0.324 bits per heavy atom. The highest BCUT2D eigenvalue weighted by atomic mass is 15.2. The Labute approximate surface area is 442 Å². The van der Waals surface area contributed by atoms with Crippen molar-refractivity contribution in [2.24, 2.45) is 0 Å². The first-order chi connectivity index (χ1) is 35.3. The van der Waals surface area contributed by atoms with Gasteiger partial charge in [-0.25, -0.2) is 0 Å². The molecule has 2 heterocycles. The van der Waals surface area contributed by atoms with Gasteiger partial charge in [0.2, 0.25) is 0 Å². The van der Waals surface area contributed by atoms with E-state index in [0.29, 0.717) is 0 Å². The highest BCUT2D eigenvalue weighted by Gasteiger charge is 2.46. The van der Waals surface area contributed by atoms with Crippen LogP contribution in [0.25, 0.3) is 22.3 Å². The van der Waals surface area contributed by atoms with Crippen LogP contribution in [0, 0.1) is 27.7 Å². The van der Waals surface area contributed by atoms with Gasteiger partial charge in [-0.3, -0.25) is 0 Å². The monoisotopic (exact) mass is 963 g/mol. The van der Waals surface area contributed by atoms with Gasteiger partial charge in [0.05, 0.1) is 11.4 Å². The number of rotatable bonds is 7. The zero-order valence-corrected chi connectivity index (χ0v) is 45.9. The number of fused-ring (bicyclic) bond motifs is 4. The second kappa shape index (κ2) is 18.2. The molecule has 368 valence electrons. The minimum atomic E-state index is -0.0738. The van der Waals surface area contributed by atoms with Crippen LogP contribution in [0.4, 0.5) is 34.1 Å². The van der Waals surface area contributed by atoms with E-state index >= 15 is 0 Å². The predicted octanol–water partition coefficient (Wildman–Crippen LogP) is 17.4. The Morgan fingerprint density at radius 2 is 0.716 bits per heavy atom. The zero-order valence-electron chi connectivity index (χ0n) is 45.9. The third kappa shape index (κ3) is 8.59. The number of benzene rings is 9. The molecule has 0 aliphatic carbocycles. The first-order valence-corrected chi connectivity index (χ1v) is 26.8. The van der Waals surface area contributed by atoms with Gasteiger partial charge in [-0.15, -0.1) is 0 Å². The van der Waals surface area contributed by atoms with Crippen molar-refractivity contribution in [2.75, 3.05) is 9.80 Å². The average molecular weight is 963 g/mol. The van der Waals surface area contributed by atoms with E-state index in [4.69, 9.17) is 0 Å². The third-order valence-electron chi connectivity index (χ3n) is 16.1. The lowest BCUT2D eigenvalue weighted by molar-refractivity contribution is 0.590. The fourth-order valence-corrected chi connectivity index (χ4v) is 11.9. The highest BCUT2D eigenvalue weighted by molar-refractivity contribution is 7.00. The van der Waals surface area contributed by atoms with Crippen LogP contribution in [0.3, 0.4) is 0 Å². The molecule has 0 N–H and O–H groups in total. The molecule has 2 aliphatic heterocycles. The fourth-order valence-electron chi connectivity index (χ4n) is 11.9. The number of hydrogen-bond acceptors (Lipinski definition) is 2. The van der Waals surface area contributed by atoms with E-state index in [1.54, 1.807) is 0 Å². The van der Waals surface area contributed by atoms with Gasteiger partial charge in [-0.05, 0) is 164 Å².